The lowest BCUT2D eigenvalue weighted by molar-refractivity contribution is -0.153. The largest absolute Gasteiger partial charge is 0.392 e. The molecule has 2 atom stereocenters. The topological polar surface area (TPSA) is 43.4 Å². The molecule has 0 amide bonds. The van der Waals surface area contributed by atoms with Gasteiger partial charge in [0.1, 0.15) is 5.66 Å². The summed E-state index contributed by atoms with van der Waals surface area (Å²) < 4.78 is 5.35. The highest BCUT2D eigenvalue weighted by Gasteiger charge is 2.69. The second-order valence-electron chi connectivity index (χ2n) is 10.3. The Hall–Kier alpha value is -0.0900. The van der Waals surface area contributed by atoms with Gasteiger partial charge in [-0.2, -0.15) is 0 Å². The Kier molecular flexibility index (Phi) is 5.62. The minimum absolute atomic E-state index is 0.0598. The van der Waals surface area contributed by atoms with Gasteiger partial charge in [-0.1, -0.05) is 78.7 Å². The third-order valence-electron chi connectivity index (χ3n) is 7.59. The third kappa shape index (κ3) is 2.94. The molecule has 0 radical (unpaired) electrons. The van der Waals surface area contributed by atoms with Gasteiger partial charge in [-0.3, -0.25) is 9.59 Å². The number of carbonyl (C=O) groups is 2. The van der Waals surface area contributed by atoms with E-state index in [9.17, 15) is 9.59 Å². The van der Waals surface area contributed by atoms with E-state index >= 15 is 0 Å². The Bertz CT molecular complexity index is 742. The SMILES string of the molecule is CCC(C)(C)C1=PC2(C(C)(C)CC)P=C(C(C)(C)CC)P1[C@H]1C(=O)OC(=O)[C@H]12. The minimum atomic E-state index is -0.795. The first-order valence-electron chi connectivity index (χ1n) is 10.5. The normalized spacial score (nSPS) is 34.0. The maximum Gasteiger partial charge on any atom is 0.322 e. The Labute approximate surface area is 175 Å². The first kappa shape index (κ1) is 22.6. The quantitative estimate of drug-likeness (QED) is 0.262. The Morgan fingerprint density at radius 1 is 0.857 bits per heavy atom. The molecule has 1 saturated heterocycles. The van der Waals surface area contributed by atoms with Crippen molar-refractivity contribution in [2.24, 2.45) is 22.2 Å². The summed E-state index contributed by atoms with van der Waals surface area (Å²) in [6, 6.07) is 0. The van der Waals surface area contributed by atoms with Gasteiger partial charge in [0.05, 0.1) is 10.8 Å². The van der Waals surface area contributed by atoms with Crippen molar-refractivity contribution in [3.05, 3.63) is 0 Å². The van der Waals surface area contributed by atoms with E-state index in [2.05, 4.69) is 62.3 Å². The van der Waals surface area contributed by atoms with Gasteiger partial charge in [0, 0.05) is 0 Å². The zero-order valence-electron chi connectivity index (χ0n) is 18.8. The van der Waals surface area contributed by atoms with Crippen LogP contribution in [0.4, 0.5) is 0 Å². The Balaban J connectivity index is 2.40. The van der Waals surface area contributed by atoms with E-state index in [4.69, 9.17) is 4.74 Å². The molecule has 4 rings (SSSR count). The van der Waals surface area contributed by atoms with Gasteiger partial charge in [0.15, 0.2) is 0 Å². The number of carbonyl (C=O) groups excluding carboxylic acids is 2. The van der Waals surface area contributed by atoms with E-state index in [1.54, 1.807) is 0 Å². The average Bonchev–Trinajstić information content (AvgIpc) is 2.97. The predicted octanol–water partition coefficient (Wildman–Crippen LogP) is 6.72. The number of rotatable bonds is 6. The van der Waals surface area contributed by atoms with Crippen molar-refractivity contribution in [2.75, 3.05) is 0 Å². The van der Waals surface area contributed by atoms with Crippen LogP contribution in [0.2, 0.25) is 0 Å². The van der Waals surface area contributed by atoms with Gasteiger partial charge < -0.3 is 4.74 Å². The van der Waals surface area contributed by atoms with Crippen LogP contribution in [0.25, 0.3) is 0 Å². The predicted molar refractivity (Wildman–Crippen MR) is 124 cm³/mol. The van der Waals surface area contributed by atoms with E-state index in [1.807, 2.05) is 0 Å². The highest BCUT2D eigenvalue weighted by Crippen LogP contribution is 2.78. The fourth-order valence-corrected chi connectivity index (χ4v) is 15.8. The van der Waals surface area contributed by atoms with Crippen LogP contribution < -0.4 is 0 Å². The van der Waals surface area contributed by atoms with Crippen molar-refractivity contribution in [2.45, 2.75) is 92.1 Å². The molecular formula is C22H35O3P3. The molecular weight excluding hydrogens is 405 g/mol. The molecule has 0 saturated carbocycles. The summed E-state index contributed by atoms with van der Waals surface area (Å²) >= 11 is 0. The van der Waals surface area contributed by atoms with E-state index in [0.717, 1.165) is 19.3 Å². The molecule has 6 heteroatoms. The highest BCUT2D eigenvalue weighted by molar-refractivity contribution is 8.07. The fourth-order valence-electron chi connectivity index (χ4n) is 4.34. The molecule has 2 bridgehead atoms. The number of hydrogen-bond acceptors (Lipinski definition) is 3. The minimum Gasteiger partial charge on any atom is -0.392 e. The second kappa shape index (κ2) is 6.97. The molecule has 1 fully saturated rings. The first-order valence-corrected chi connectivity index (χ1v) is 13.7. The monoisotopic (exact) mass is 440 g/mol. The maximum atomic E-state index is 13.0. The highest BCUT2D eigenvalue weighted by atomic mass is 31.2. The molecule has 0 aliphatic carbocycles. The summed E-state index contributed by atoms with van der Waals surface area (Å²) in [6.45, 7) is 20.6. The molecule has 156 valence electrons. The van der Waals surface area contributed by atoms with Crippen LogP contribution in [0.5, 0.6) is 0 Å². The van der Waals surface area contributed by atoms with Crippen LogP contribution in [0.3, 0.4) is 0 Å². The summed E-state index contributed by atoms with van der Waals surface area (Å²) in [6.07, 6.45) is 3.08. The summed E-state index contributed by atoms with van der Waals surface area (Å²) in [5, 5.41) is 3.05. The fraction of sp³-hybridized carbons (Fsp3) is 0.818. The molecule has 0 aromatic heterocycles. The van der Waals surface area contributed by atoms with Gasteiger partial charge in [-0.05, 0) is 53.5 Å². The molecule has 4 heterocycles. The van der Waals surface area contributed by atoms with Crippen molar-refractivity contribution in [3.63, 3.8) is 0 Å². The van der Waals surface area contributed by atoms with Crippen LogP contribution in [0.15, 0.2) is 0 Å². The van der Waals surface area contributed by atoms with Crippen LogP contribution in [0, 0.1) is 22.2 Å². The molecule has 3 nitrogen and oxygen atoms in total. The number of ether oxygens (including phenoxy) is 1. The van der Waals surface area contributed by atoms with Crippen molar-refractivity contribution >= 4 is 46.3 Å². The summed E-state index contributed by atoms with van der Waals surface area (Å²) in [4.78, 5) is 25.7. The van der Waals surface area contributed by atoms with Crippen molar-refractivity contribution in [3.8, 4) is 0 Å². The van der Waals surface area contributed by atoms with E-state index in [0.29, 0.717) is 0 Å². The van der Waals surface area contributed by atoms with Crippen LogP contribution in [0.1, 0.15) is 81.6 Å². The lowest BCUT2D eigenvalue weighted by Gasteiger charge is -2.58. The van der Waals surface area contributed by atoms with Crippen molar-refractivity contribution in [1.82, 2.24) is 0 Å². The third-order valence-corrected chi connectivity index (χ3v) is 17.4. The Morgan fingerprint density at radius 3 is 1.71 bits per heavy atom. The van der Waals surface area contributed by atoms with Gasteiger partial charge in [0.2, 0.25) is 0 Å². The van der Waals surface area contributed by atoms with E-state index in [-0.39, 0.29) is 44.7 Å². The van der Waals surface area contributed by atoms with Crippen molar-refractivity contribution in [1.29, 1.82) is 0 Å². The van der Waals surface area contributed by atoms with Gasteiger partial charge >= 0.3 is 11.9 Å². The molecule has 0 aromatic carbocycles. The summed E-state index contributed by atoms with van der Waals surface area (Å²) in [7, 11) is 1.80. The lowest BCUT2D eigenvalue weighted by atomic mass is 9.78. The van der Waals surface area contributed by atoms with Gasteiger partial charge in [-0.25, -0.2) is 0 Å². The van der Waals surface area contributed by atoms with Gasteiger partial charge in [0.25, 0.3) is 0 Å². The molecule has 0 aromatic rings. The second-order valence-corrected chi connectivity index (χ2v) is 16.3. The first-order chi connectivity index (χ1) is 12.8. The van der Waals surface area contributed by atoms with Gasteiger partial charge in [-0.15, -0.1) is 0 Å². The zero-order chi connectivity index (χ0) is 21.3. The van der Waals surface area contributed by atoms with Crippen LogP contribution in [-0.4, -0.2) is 32.6 Å². The molecule has 0 unspecified atom stereocenters. The average molecular weight is 440 g/mol. The standard InChI is InChI=1S/C22H35O3P3/c1-10-19(4,5)17-26-22(21(8,9)12-3)13-14(16(24)25-15(13)23)28(17)18(27-22)20(6,7)11-2/h13-14H,10-12H2,1-9H3/t13-,14+,22?,28?/m0/s1. The molecule has 4 aliphatic rings. The molecule has 4 aliphatic heterocycles. The summed E-state index contributed by atoms with van der Waals surface area (Å²) in [5.41, 5.74) is -0.208. The zero-order valence-corrected chi connectivity index (χ0v) is 21.5. The van der Waals surface area contributed by atoms with Crippen LogP contribution >= 0.6 is 24.3 Å². The number of esters is 2. The molecule has 28 heavy (non-hydrogen) atoms. The maximum absolute atomic E-state index is 13.0. The van der Waals surface area contributed by atoms with Crippen molar-refractivity contribution < 1.29 is 14.3 Å². The van der Waals surface area contributed by atoms with E-state index < -0.39 is 7.92 Å². The smallest absolute Gasteiger partial charge is 0.322 e. The number of cyclic esters (lactones) is 2. The number of hydrogen-bond donors (Lipinski definition) is 0. The lowest BCUT2D eigenvalue weighted by Crippen LogP contribution is -2.55. The molecule has 0 N–H and O–H groups in total. The summed E-state index contributed by atoms with van der Waals surface area (Å²) in [5.74, 6) is -0.793. The van der Waals surface area contributed by atoms with Crippen LogP contribution in [-0.2, 0) is 14.3 Å². The van der Waals surface area contributed by atoms with E-state index in [1.165, 1.54) is 26.5 Å². The Morgan fingerprint density at radius 2 is 1.32 bits per heavy atom. The molecule has 0 spiro atoms.